The van der Waals surface area contributed by atoms with Gasteiger partial charge in [-0.3, -0.25) is 14.5 Å². The van der Waals surface area contributed by atoms with Gasteiger partial charge < -0.3 is 10.4 Å². The number of carbonyl (C=O) groups excluding carboxylic acids is 2. The predicted octanol–water partition coefficient (Wildman–Crippen LogP) is 2.02. The van der Waals surface area contributed by atoms with Crippen LogP contribution < -0.4 is 5.32 Å². The molecular formula is C18H20N4O3. The molecule has 0 aliphatic heterocycles. The lowest BCUT2D eigenvalue weighted by molar-refractivity contribution is -0.129. The van der Waals surface area contributed by atoms with Crippen LogP contribution in [0.3, 0.4) is 0 Å². The Labute approximate surface area is 145 Å². The second-order valence-electron chi connectivity index (χ2n) is 6.20. The third-order valence-electron chi connectivity index (χ3n) is 3.72. The third kappa shape index (κ3) is 4.23. The maximum atomic E-state index is 12.5. The molecule has 2 amide bonds. The Morgan fingerprint density at radius 3 is 2.68 bits per heavy atom. The number of benzene rings is 1. The Balaban J connectivity index is 2.27. The molecule has 0 spiro atoms. The first-order chi connectivity index (χ1) is 11.8. The van der Waals surface area contributed by atoms with Gasteiger partial charge >= 0.3 is 0 Å². The maximum absolute atomic E-state index is 12.5. The number of phenols is 1. The van der Waals surface area contributed by atoms with E-state index in [1.54, 1.807) is 24.4 Å². The molecule has 7 nitrogen and oxygen atoms in total. The molecule has 1 atom stereocenters. The van der Waals surface area contributed by atoms with Gasteiger partial charge in [-0.15, -0.1) is 0 Å². The molecule has 2 rings (SSSR count). The molecular weight excluding hydrogens is 320 g/mol. The SMILES string of the molecule is CC(C)C[C@@H](NC(=O)c1ccc2cccc(O)c2n1)C(=O)N(C)C#N. The first-order valence-electron chi connectivity index (χ1n) is 7.90. The summed E-state index contributed by atoms with van der Waals surface area (Å²) < 4.78 is 0. The van der Waals surface area contributed by atoms with Crippen LogP contribution in [0.1, 0.15) is 30.8 Å². The molecule has 0 bridgehead atoms. The number of aromatic nitrogens is 1. The summed E-state index contributed by atoms with van der Waals surface area (Å²) in [5.41, 5.74) is 0.409. The molecule has 25 heavy (non-hydrogen) atoms. The van der Waals surface area contributed by atoms with Crippen molar-refractivity contribution < 1.29 is 14.7 Å². The maximum Gasteiger partial charge on any atom is 0.270 e. The van der Waals surface area contributed by atoms with Crippen molar-refractivity contribution in [2.75, 3.05) is 7.05 Å². The van der Waals surface area contributed by atoms with Crippen molar-refractivity contribution in [3.63, 3.8) is 0 Å². The van der Waals surface area contributed by atoms with Crippen LogP contribution in [0.15, 0.2) is 30.3 Å². The Kier molecular flexibility index (Phi) is 5.55. The van der Waals surface area contributed by atoms with E-state index in [4.69, 9.17) is 5.26 Å². The quantitative estimate of drug-likeness (QED) is 0.640. The van der Waals surface area contributed by atoms with E-state index in [0.717, 1.165) is 4.90 Å². The van der Waals surface area contributed by atoms with Gasteiger partial charge in [0, 0.05) is 12.4 Å². The second-order valence-corrected chi connectivity index (χ2v) is 6.20. The molecule has 7 heteroatoms. The molecule has 0 saturated carbocycles. The molecule has 0 unspecified atom stereocenters. The number of nitrogens with zero attached hydrogens (tertiary/aromatic N) is 3. The molecule has 0 aliphatic rings. The van der Waals surface area contributed by atoms with Crippen molar-refractivity contribution in [2.24, 2.45) is 5.92 Å². The van der Waals surface area contributed by atoms with Crippen molar-refractivity contribution in [3.8, 4) is 11.9 Å². The number of fused-ring (bicyclic) bond motifs is 1. The van der Waals surface area contributed by atoms with E-state index in [1.165, 1.54) is 19.2 Å². The van der Waals surface area contributed by atoms with Gasteiger partial charge in [-0.1, -0.05) is 32.0 Å². The second kappa shape index (κ2) is 7.62. The molecule has 1 aromatic heterocycles. The highest BCUT2D eigenvalue weighted by molar-refractivity contribution is 5.98. The van der Waals surface area contributed by atoms with E-state index in [-0.39, 0.29) is 17.4 Å². The lowest BCUT2D eigenvalue weighted by Gasteiger charge is -2.21. The largest absolute Gasteiger partial charge is 0.506 e. The minimum Gasteiger partial charge on any atom is -0.506 e. The van der Waals surface area contributed by atoms with Crippen LogP contribution in [0, 0.1) is 17.4 Å². The topological polar surface area (TPSA) is 106 Å². The minimum absolute atomic E-state index is 0.0221. The summed E-state index contributed by atoms with van der Waals surface area (Å²) in [6, 6.07) is 7.34. The van der Waals surface area contributed by atoms with E-state index < -0.39 is 17.9 Å². The standard InChI is InChI=1S/C18H20N4O3/c1-11(2)9-14(18(25)22(3)10-19)21-17(24)13-8-7-12-5-4-6-15(23)16(12)20-13/h4-8,11,14,23H,9H2,1-3H3,(H,21,24)/t14-/m1/s1. The molecule has 0 fully saturated rings. The van der Waals surface area contributed by atoms with Gasteiger partial charge in [-0.2, -0.15) is 5.26 Å². The Morgan fingerprint density at radius 2 is 2.04 bits per heavy atom. The normalized spacial score (nSPS) is 11.8. The first kappa shape index (κ1) is 18.2. The fourth-order valence-electron chi connectivity index (χ4n) is 2.47. The molecule has 1 aromatic carbocycles. The van der Waals surface area contributed by atoms with Gasteiger partial charge in [0.2, 0.25) is 0 Å². The molecule has 130 valence electrons. The number of carbonyl (C=O) groups is 2. The lowest BCUT2D eigenvalue weighted by Crippen LogP contribution is -2.46. The first-order valence-corrected chi connectivity index (χ1v) is 7.90. The number of hydrogen-bond donors (Lipinski definition) is 2. The molecule has 0 aliphatic carbocycles. The van der Waals surface area contributed by atoms with Gasteiger partial charge in [-0.05, 0) is 24.5 Å². The van der Waals surface area contributed by atoms with Gasteiger partial charge in [0.05, 0.1) is 0 Å². The minimum atomic E-state index is -0.820. The summed E-state index contributed by atoms with van der Waals surface area (Å²) in [5, 5.41) is 22.1. The summed E-state index contributed by atoms with van der Waals surface area (Å²) in [5.74, 6) is -0.884. The van der Waals surface area contributed by atoms with Crippen molar-refractivity contribution >= 4 is 22.7 Å². The number of phenolic OH excluding ortho intramolecular Hbond substituents is 1. The number of pyridine rings is 1. The van der Waals surface area contributed by atoms with E-state index >= 15 is 0 Å². The number of para-hydroxylation sites is 1. The van der Waals surface area contributed by atoms with Crippen molar-refractivity contribution in [3.05, 3.63) is 36.0 Å². The van der Waals surface area contributed by atoms with Crippen LogP contribution in [-0.4, -0.2) is 39.9 Å². The number of likely N-dealkylation sites (N-methyl/N-ethyl adjacent to an activating group) is 1. The third-order valence-corrected chi connectivity index (χ3v) is 3.72. The van der Waals surface area contributed by atoms with E-state index in [2.05, 4.69) is 10.3 Å². The van der Waals surface area contributed by atoms with Gasteiger partial charge in [-0.25, -0.2) is 4.98 Å². The van der Waals surface area contributed by atoms with Crippen molar-refractivity contribution in [1.29, 1.82) is 5.26 Å². The molecule has 2 N–H and O–H groups in total. The summed E-state index contributed by atoms with van der Waals surface area (Å²) in [6.45, 7) is 3.84. The smallest absolute Gasteiger partial charge is 0.270 e. The van der Waals surface area contributed by atoms with Crippen LogP contribution in [0.25, 0.3) is 10.9 Å². The molecule has 0 saturated heterocycles. The number of amides is 2. The summed E-state index contributed by atoms with van der Waals surface area (Å²) in [4.78, 5) is 29.8. The van der Waals surface area contributed by atoms with Crippen LogP contribution in [-0.2, 0) is 4.79 Å². The molecule has 1 heterocycles. The average molecular weight is 340 g/mol. The lowest BCUT2D eigenvalue weighted by atomic mass is 10.0. The monoisotopic (exact) mass is 340 g/mol. The zero-order chi connectivity index (χ0) is 18.6. The number of hydrogen-bond acceptors (Lipinski definition) is 5. The van der Waals surface area contributed by atoms with Gasteiger partial charge in [0.1, 0.15) is 23.0 Å². The number of rotatable bonds is 5. The van der Waals surface area contributed by atoms with E-state index in [0.29, 0.717) is 17.3 Å². The zero-order valence-corrected chi connectivity index (χ0v) is 14.4. The summed E-state index contributed by atoms with van der Waals surface area (Å²) in [7, 11) is 1.36. The predicted molar refractivity (Wildman–Crippen MR) is 92.5 cm³/mol. The van der Waals surface area contributed by atoms with Crippen LogP contribution in [0.5, 0.6) is 5.75 Å². The van der Waals surface area contributed by atoms with Crippen LogP contribution in [0.2, 0.25) is 0 Å². The Morgan fingerprint density at radius 1 is 1.32 bits per heavy atom. The fourth-order valence-corrected chi connectivity index (χ4v) is 2.47. The highest BCUT2D eigenvalue weighted by atomic mass is 16.3. The number of nitrogens with one attached hydrogen (secondary N) is 1. The zero-order valence-electron chi connectivity index (χ0n) is 14.4. The number of nitriles is 1. The van der Waals surface area contributed by atoms with E-state index in [1.807, 2.05) is 13.8 Å². The highest BCUT2D eigenvalue weighted by Crippen LogP contribution is 2.22. The summed E-state index contributed by atoms with van der Waals surface area (Å²) in [6.07, 6.45) is 2.15. The summed E-state index contributed by atoms with van der Waals surface area (Å²) >= 11 is 0. The number of aromatic hydroxyl groups is 1. The molecule has 2 aromatic rings. The van der Waals surface area contributed by atoms with Gasteiger partial charge in [0.25, 0.3) is 11.8 Å². The average Bonchev–Trinajstić information content (AvgIpc) is 2.59. The highest BCUT2D eigenvalue weighted by Gasteiger charge is 2.26. The van der Waals surface area contributed by atoms with Crippen LogP contribution in [0.4, 0.5) is 0 Å². The van der Waals surface area contributed by atoms with Crippen molar-refractivity contribution in [1.82, 2.24) is 15.2 Å². The molecule has 0 radical (unpaired) electrons. The van der Waals surface area contributed by atoms with Crippen LogP contribution >= 0.6 is 0 Å². The fraction of sp³-hybridized carbons (Fsp3) is 0.333. The van der Waals surface area contributed by atoms with Crippen molar-refractivity contribution in [2.45, 2.75) is 26.3 Å². The Hall–Kier alpha value is -3.14. The van der Waals surface area contributed by atoms with E-state index in [9.17, 15) is 14.7 Å². The van der Waals surface area contributed by atoms with Gasteiger partial charge in [0.15, 0.2) is 6.19 Å². The Bertz CT molecular complexity index is 842.